The van der Waals surface area contributed by atoms with Crippen LogP contribution in [-0.2, 0) is 9.53 Å². The third-order valence-electron chi connectivity index (χ3n) is 5.56. The van der Waals surface area contributed by atoms with Gasteiger partial charge in [0.2, 0.25) is 17.9 Å². The molecule has 11 heteroatoms. The highest BCUT2D eigenvalue weighted by molar-refractivity contribution is 6.47. The van der Waals surface area contributed by atoms with E-state index in [0.29, 0.717) is 0 Å². The van der Waals surface area contributed by atoms with Gasteiger partial charge in [0.15, 0.2) is 17.6 Å². The van der Waals surface area contributed by atoms with Crippen LogP contribution in [0.5, 0.6) is 28.7 Å². The lowest BCUT2D eigenvalue weighted by Gasteiger charge is -2.39. The SMILES string of the molecule is COc1cc(C2Oc3cc(O[C@@H]4O[C@@H](C)[C@H](O)[C@@H](O)[C@H]4O)cc(O)c3C(=O)C2=O)ccc1O. The second-order valence-electron chi connectivity index (χ2n) is 7.74. The van der Waals surface area contributed by atoms with Gasteiger partial charge in [-0.25, -0.2) is 0 Å². The van der Waals surface area contributed by atoms with Crippen molar-refractivity contribution >= 4 is 11.6 Å². The van der Waals surface area contributed by atoms with Crippen molar-refractivity contribution in [3.05, 3.63) is 41.5 Å². The number of Topliss-reactive ketones (excluding diaryl/α,β-unsaturated/α-hetero) is 2. The number of benzene rings is 2. The van der Waals surface area contributed by atoms with Crippen LogP contribution in [0.1, 0.15) is 28.9 Å². The number of carbonyl (C=O) groups excluding carboxylic acids is 2. The summed E-state index contributed by atoms with van der Waals surface area (Å²) in [4.78, 5) is 25.3. The number of rotatable bonds is 4. The lowest BCUT2D eigenvalue weighted by molar-refractivity contribution is -0.268. The van der Waals surface area contributed by atoms with Gasteiger partial charge in [-0.1, -0.05) is 6.07 Å². The zero-order valence-electron chi connectivity index (χ0n) is 17.5. The molecule has 11 nitrogen and oxygen atoms in total. The Morgan fingerprint density at radius 3 is 2.36 bits per heavy atom. The van der Waals surface area contributed by atoms with Gasteiger partial charge in [0.05, 0.1) is 13.2 Å². The molecule has 0 saturated carbocycles. The fourth-order valence-corrected chi connectivity index (χ4v) is 3.71. The Kier molecular flexibility index (Phi) is 5.89. The summed E-state index contributed by atoms with van der Waals surface area (Å²) in [5.74, 6) is -2.87. The van der Waals surface area contributed by atoms with Crippen molar-refractivity contribution in [1.29, 1.82) is 0 Å². The van der Waals surface area contributed by atoms with E-state index in [1.54, 1.807) is 0 Å². The van der Waals surface area contributed by atoms with E-state index < -0.39 is 54.1 Å². The predicted molar refractivity (Wildman–Crippen MR) is 108 cm³/mol. The first-order chi connectivity index (χ1) is 15.6. The van der Waals surface area contributed by atoms with Crippen molar-refractivity contribution in [1.82, 2.24) is 0 Å². The highest BCUT2D eigenvalue weighted by atomic mass is 16.7. The van der Waals surface area contributed by atoms with Crippen molar-refractivity contribution in [2.45, 2.75) is 43.7 Å². The molecule has 0 amide bonds. The van der Waals surface area contributed by atoms with Crippen LogP contribution in [0.25, 0.3) is 0 Å². The molecule has 2 aromatic rings. The number of aliphatic hydroxyl groups is 3. The Balaban J connectivity index is 1.65. The average Bonchev–Trinajstić information content (AvgIpc) is 2.78. The summed E-state index contributed by atoms with van der Waals surface area (Å²) >= 11 is 0. The second-order valence-corrected chi connectivity index (χ2v) is 7.74. The maximum absolute atomic E-state index is 12.7. The maximum atomic E-state index is 12.7. The van der Waals surface area contributed by atoms with E-state index in [9.17, 15) is 35.1 Å². The van der Waals surface area contributed by atoms with Gasteiger partial charge in [-0.05, 0) is 19.1 Å². The van der Waals surface area contributed by atoms with Gasteiger partial charge < -0.3 is 44.5 Å². The molecule has 0 spiro atoms. The second kappa shape index (κ2) is 8.52. The first-order valence-electron chi connectivity index (χ1n) is 9.97. The fraction of sp³-hybridized carbons (Fsp3) is 0.364. The van der Waals surface area contributed by atoms with Gasteiger partial charge in [0.1, 0.15) is 41.1 Å². The zero-order chi connectivity index (χ0) is 24.0. The molecule has 0 bridgehead atoms. The molecule has 1 saturated heterocycles. The number of phenols is 2. The van der Waals surface area contributed by atoms with Crippen molar-refractivity contribution in [2.75, 3.05) is 7.11 Å². The van der Waals surface area contributed by atoms with Crippen LogP contribution in [0.2, 0.25) is 0 Å². The number of ketones is 2. The minimum atomic E-state index is -1.60. The van der Waals surface area contributed by atoms with Crippen LogP contribution in [0.4, 0.5) is 0 Å². The van der Waals surface area contributed by atoms with Crippen molar-refractivity contribution in [3.8, 4) is 28.7 Å². The Morgan fingerprint density at radius 1 is 0.939 bits per heavy atom. The number of carbonyl (C=O) groups is 2. The summed E-state index contributed by atoms with van der Waals surface area (Å²) in [6, 6.07) is 6.28. The average molecular weight is 462 g/mol. The number of methoxy groups -OCH3 is 1. The molecule has 0 radical (unpaired) electrons. The van der Waals surface area contributed by atoms with E-state index >= 15 is 0 Å². The molecule has 33 heavy (non-hydrogen) atoms. The maximum Gasteiger partial charge on any atom is 0.248 e. The van der Waals surface area contributed by atoms with Crippen LogP contribution in [0.15, 0.2) is 30.3 Å². The number of fused-ring (bicyclic) bond motifs is 1. The number of ether oxygens (including phenoxy) is 4. The molecule has 2 aromatic carbocycles. The summed E-state index contributed by atoms with van der Waals surface area (Å²) in [5.41, 5.74) is -0.125. The van der Waals surface area contributed by atoms with E-state index in [1.165, 1.54) is 38.3 Å². The number of aromatic hydroxyl groups is 2. The molecule has 4 rings (SSSR count). The van der Waals surface area contributed by atoms with Gasteiger partial charge in [0.25, 0.3) is 0 Å². The van der Waals surface area contributed by atoms with Crippen LogP contribution in [0.3, 0.4) is 0 Å². The van der Waals surface area contributed by atoms with Crippen molar-refractivity contribution in [2.24, 2.45) is 0 Å². The quantitative estimate of drug-likeness (QED) is 0.393. The zero-order valence-corrected chi connectivity index (χ0v) is 17.5. The summed E-state index contributed by atoms with van der Waals surface area (Å²) in [5, 5.41) is 50.1. The predicted octanol–water partition coefficient (Wildman–Crippen LogP) is 0.198. The molecular weight excluding hydrogens is 440 g/mol. The summed E-state index contributed by atoms with van der Waals surface area (Å²) in [7, 11) is 1.32. The highest BCUT2D eigenvalue weighted by Crippen LogP contribution is 2.42. The normalized spacial score (nSPS) is 29.2. The molecule has 0 aliphatic carbocycles. The minimum Gasteiger partial charge on any atom is -0.507 e. The van der Waals surface area contributed by atoms with Crippen molar-refractivity contribution < 1.29 is 54.1 Å². The van der Waals surface area contributed by atoms with E-state index in [0.717, 1.165) is 6.07 Å². The lowest BCUT2D eigenvalue weighted by atomic mass is 9.94. The third-order valence-corrected chi connectivity index (χ3v) is 5.56. The lowest BCUT2D eigenvalue weighted by Crippen LogP contribution is -2.58. The minimum absolute atomic E-state index is 0.0698. The standard InChI is InChI=1S/C22H22O11/c1-8-16(25)18(27)20(29)22(31-8)32-10-6-12(24)15-14(7-10)33-21(19(28)17(15)26)9-3-4-11(23)13(5-9)30-2/h3-8,16,18,20-25,27,29H,1-2H3/t8-,16-,18+,20+,21?,22-/m0/s1. The Bertz CT molecular complexity index is 1100. The molecule has 1 fully saturated rings. The topological polar surface area (TPSA) is 172 Å². The van der Waals surface area contributed by atoms with Crippen LogP contribution >= 0.6 is 0 Å². The molecule has 176 valence electrons. The smallest absolute Gasteiger partial charge is 0.248 e. The summed E-state index contributed by atoms with van der Waals surface area (Å²) in [6.07, 6.45) is -8.09. The molecule has 5 N–H and O–H groups in total. The van der Waals surface area contributed by atoms with Crippen LogP contribution in [-0.4, -0.2) is 74.9 Å². The first-order valence-corrected chi connectivity index (χ1v) is 9.97. The van der Waals surface area contributed by atoms with Gasteiger partial charge in [-0.2, -0.15) is 0 Å². The summed E-state index contributed by atoms with van der Waals surface area (Å²) in [6.45, 7) is 1.48. The van der Waals surface area contributed by atoms with Gasteiger partial charge in [0, 0.05) is 17.7 Å². The first kappa shape index (κ1) is 22.8. The number of hydrogen-bond donors (Lipinski definition) is 5. The molecule has 6 atom stereocenters. The Hall–Kier alpha value is -3.38. The fourth-order valence-electron chi connectivity index (χ4n) is 3.71. The highest BCUT2D eigenvalue weighted by Gasteiger charge is 2.44. The Labute approximate surface area is 187 Å². The van der Waals surface area contributed by atoms with E-state index in [4.69, 9.17) is 18.9 Å². The van der Waals surface area contributed by atoms with E-state index in [1.807, 2.05) is 0 Å². The molecule has 2 aliphatic rings. The number of phenolic OH excluding ortho intramolecular Hbond substituents is 2. The van der Waals surface area contributed by atoms with Crippen LogP contribution in [0, 0.1) is 0 Å². The molecular formula is C22H22O11. The molecule has 1 unspecified atom stereocenters. The Morgan fingerprint density at radius 2 is 1.67 bits per heavy atom. The summed E-state index contributed by atoms with van der Waals surface area (Å²) < 4.78 is 21.6. The van der Waals surface area contributed by atoms with E-state index in [2.05, 4.69) is 0 Å². The number of hydrogen-bond acceptors (Lipinski definition) is 11. The number of aliphatic hydroxyl groups excluding tert-OH is 3. The van der Waals surface area contributed by atoms with Crippen molar-refractivity contribution in [3.63, 3.8) is 0 Å². The molecule has 0 aromatic heterocycles. The van der Waals surface area contributed by atoms with Crippen LogP contribution < -0.4 is 14.2 Å². The monoisotopic (exact) mass is 462 g/mol. The van der Waals surface area contributed by atoms with E-state index in [-0.39, 0.29) is 34.1 Å². The van der Waals surface area contributed by atoms with Gasteiger partial charge >= 0.3 is 0 Å². The van der Waals surface area contributed by atoms with Gasteiger partial charge in [-0.3, -0.25) is 9.59 Å². The largest absolute Gasteiger partial charge is 0.507 e. The molecule has 2 heterocycles. The molecule has 2 aliphatic heterocycles. The van der Waals surface area contributed by atoms with Gasteiger partial charge in [-0.15, -0.1) is 0 Å². The third kappa shape index (κ3) is 3.95.